The van der Waals surface area contributed by atoms with Crippen LogP contribution in [0.1, 0.15) is 0 Å². The number of aromatic amines is 1. The highest BCUT2D eigenvalue weighted by atomic mass is 32.2. The summed E-state index contributed by atoms with van der Waals surface area (Å²) in [6.45, 7) is 0. The molecule has 4 heteroatoms. The fourth-order valence-corrected chi connectivity index (χ4v) is 2.47. The molecule has 0 atom stereocenters. The van der Waals surface area contributed by atoms with Crippen molar-refractivity contribution in [2.24, 2.45) is 0 Å². The number of benzene rings is 1. The van der Waals surface area contributed by atoms with E-state index < -0.39 is 0 Å². The molecule has 1 aromatic carbocycles. The molecule has 0 saturated carbocycles. The summed E-state index contributed by atoms with van der Waals surface area (Å²) in [4.78, 5) is 14.7. The van der Waals surface area contributed by atoms with E-state index in [9.17, 15) is 4.79 Å². The second-order valence-corrected chi connectivity index (χ2v) is 4.39. The van der Waals surface area contributed by atoms with Crippen LogP contribution in [0.5, 0.6) is 0 Å². The topological polar surface area (TPSA) is 32.9 Å². The highest BCUT2D eigenvalue weighted by Crippen LogP contribution is 2.25. The van der Waals surface area contributed by atoms with Crippen LogP contribution in [-0.4, -0.2) is 4.98 Å². The standard InChI is InChI=1S/C9H7NOS2/c11-9-10-8(6-12-9)13-7-4-2-1-3-5-7/h1-6H,(H,10,11). The number of nitrogens with one attached hydrogen (secondary N) is 1. The zero-order valence-corrected chi connectivity index (χ0v) is 8.32. The Kier molecular flexibility index (Phi) is 2.52. The molecule has 2 aromatic rings. The van der Waals surface area contributed by atoms with E-state index in [0.717, 1.165) is 9.92 Å². The Bertz CT molecular complexity index is 432. The lowest BCUT2D eigenvalue weighted by Crippen LogP contribution is -1.91. The molecule has 2 nitrogen and oxygen atoms in total. The maximum atomic E-state index is 10.8. The Hall–Kier alpha value is -1.00. The van der Waals surface area contributed by atoms with Crippen LogP contribution in [0.25, 0.3) is 0 Å². The maximum absolute atomic E-state index is 10.8. The molecule has 0 aliphatic heterocycles. The molecule has 0 spiro atoms. The summed E-state index contributed by atoms with van der Waals surface area (Å²) >= 11 is 2.75. The molecule has 0 unspecified atom stereocenters. The third kappa shape index (κ3) is 2.23. The summed E-state index contributed by atoms with van der Waals surface area (Å²) in [5.41, 5.74) is 0. The van der Waals surface area contributed by atoms with Crippen molar-refractivity contribution in [3.05, 3.63) is 45.4 Å². The van der Waals surface area contributed by atoms with Gasteiger partial charge in [-0.3, -0.25) is 4.79 Å². The molecule has 66 valence electrons. The lowest BCUT2D eigenvalue weighted by atomic mass is 10.4. The van der Waals surface area contributed by atoms with E-state index in [1.807, 2.05) is 35.7 Å². The van der Waals surface area contributed by atoms with Gasteiger partial charge in [-0.05, 0) is 12.1 Å². The number of hydrogen-bond acceptors (Lipinski definition) is 3. The SMILES string of the molecule is O=c1[nH]c(Sc2ccccc2)cs1. The third-order valence-corrected chi connectivity index (χ3v) is 3.24. The second-order valence-electron chi connectivity index (χ2n) is 2.43. The first-order chi connectivity index (χ1) is 6.34. The van der Waals surface area contributed by atoms with Gasteiger partial charge in [-0.15, -0.1) is 0 Å². The van der Waals surface area contributed by atoms with Gasteiger partial charge in [0, 0.05) is 10.3 Å². The van der Waals surface area contributed by atoms with Crippen LogP contribution in [0.3, 0.4) is 0 Å². The normalized spacial score (nSPS) is 10.2. The summed E-state index contributed by atoms with van der Waals surface area (Å²) in [6.07, 6.45) is 0. The van der Waals surface area contributed by atoms with E-state index in [-0.39, 0.29) is 4.87 Å². The Morgan fingerprint density at radius 2 is 2.00 bits per heavy atom. The molecule has 0 bridgehead atoms. The minimum Gasteiger partial charge on any atom is -0.307 e. The molecular weight excluding hydrogens is 202 g/mol. The third-order valence-electron chi connectivity index (χ3n) is 1.47. The lowest BCUT2D eigenvalue weighted by molar-refractivity contribution is 1.16. The molecular formula is C9H7NOS2. The smallest absolute Gasteiger partial charge is 0.305 e. The van der Waals surface area contributed by atoms with Crippen LogP contribution in [0, 0.1) is 0 Å². The van der Waals surface area contributed by atoms with Crippen molar-refractivity contribution in [2.45, 2.75) is 9.92 Å². The number of hydrogen-bond donors (Lipinski definition) is 1. The molecule has 0 aliphatic rings. The van der Waals surface area contributed by atoms with Crippen LogP contribution in [0.15, 0.2) is 50.4 Å². The zero-order chi connectivity index (χ0) is 9.10. The van der Waals surface area contributed by atoms with Crippen LogP contribution >= 0.6 is 23.1 Å². The minimum atomic E-state index is -0.00145. The first-order valence-electron chi connectivity index (χ1n) is 3.75. The van der Waals surface area contributed by atoms with Crippen molar-refractivity contribution in [3.63, 3.8) is 0 Å². The Morgan fingerprint density at radius 1 is 1.23 bits per heavy atom. The van der Waals surface area contributed by atoms with E-state index in [4.69, 9.17) is 0 Å². The molecule has 0 fully saturated rings. The zero-order valence-electron chi connectivity index (χ0n) is 6.69. The van der Waals surface area contributed by atoms with Crippen molar-refractivity contribution in [3.8, 4) is 0 Å². The summed E-state index contributed by atoms with van der Waals surface area (Å²) in [6, 6.07) is 9.96. The molecule has 1 N–H and O–H groups in total. The first kappa shape index (κ1) is 8.59. The average molecular weight is 209 g/mol. The van der Waals surface area contributed by atoms with Gasteiger partial charge in [0.15, 0.2) is 0 Å². The highest BCUT2D eigenvalue weighted by Gasteiger charge is 1.98. The lowest BCUT2D eigenvalue weighted by Gasteiger charge is -1.95. The van der Waals surface area contributed by atoms with Crippen LogP contribution in [0.2, 0.25) is 0 Å². The van der Waals surface area contributed by atoms with Crippen molar-refractivity contribution < 1.29 is 0 Å². The number of rotatable bonds is 2. The molecule has 0 radical (unpaired) electrons. The van der Waals surface area contributed by atoms with Gasteiger partial charge >= 0.3 is 4.87 Å². The van der Waals surface area contributed by atoms with Crippen molar-refractivity contribution >= 4 is 23.1 Å². The van der Waals surface area contributed by atoms with Crippen molar-refractivity contribution in [1.29, 1.82) is 0 Å². The summed E-state index contributed by atoms with van der Waals surface area (Å²) < 4.78 is 0. The van der Waals surface area contributed by atoms with E-state index in [1.165, 1.54) is 11.3 Å². The van der Waals surface area contributed by atoms with Gasteiger partial charge in [0.25, 0.3) is 0 Å². The monoisotopic (exact) mass is 209 g/mol. The van der Waals surface area contributed by atoms with Crippen molar-refractivity contribution in [1.82, 2.24) is 4.98 Å². The highest BCUT2D eigenvalue weighted by molar-refractivity contribution is 7.99. The molecule has 1 heterocycles. The molecule has 0 amide bonds. The van der Waals surface area contributed by atoms with Gasteiger partial charge in [-0.25, -0.2) is 0 Å². The maximum Gasteiger partial charge on any atom is 0.305 e. The Morgan fingerprint density at radius 3 is 2.62 bits per heavy atom. The predicted octanol–water partition coefficient (Wildman–Crippen LogP) is 2.59. The quantitative estimate of drug-likeness (QED) is 0.824. The summed E-state index contributed by atoms with van der Waals surface area (Å²) in [5, 5.41) is 2.74. The van der Waals surface area contributed by atoms with Crippen LogP contribution in [-0.2, 0) is 0 Å². The van der Waals surface area contributed by atoms with E-state index >= 15 is 0 Å². The number of thiazole rings is 1. The number of aromatic nitrogens is 1. The number of H-pyrrole nitrogens is 1. The van der Waals surface area contributed by atoms with E-state index in [0.29, 0.717) is 0 Å². The van der Waals surface area contributed by atoms with Gasteiger partial charge in [-0.2, -0.15) is 0 Å². The summed E-state index contributed by atoms with van der Waals surface area (Å²) in [5.74, 6) is 0. The average Bonchev–Trinajstić information content (AvgIpc) is 2.53. The van der Waals surface area contributed by atoms with Crippen molar-refractivity contribution in [2.75, 3.05) is 0 Å². The van der Waals surface area contributed by atoms with Gasteiger partial charge in [0.1, 0.15) is 0 Å². The Labute approximate surface area is 83.6 Å². The van der Waals surface area contributed by atoms with Crippen LogP contribution in [0.4, 0.5) is 0 Å². The molecule has 13 heavy (non-hydrogen) atoms. The van der Waals surface area contributed by atoms with Gasteiger partial charge in [-0.1, -0.05) is 41.3 Å². The fourth-order valence-electron chi connectivity index (χ4n) is 0.932. The van der Waals surface area contributed by atoms with Gasteiger partial charge in [0.2, 0.25) is 0 Å². The Balaban J connectivity index is 2.20. The molecule has 1 aromatic heterocycles. The predicted molar refractivity (Wildman–Crippen MR) is 55.5 cm³/mol. The molecule has 0 aliphatic carbocycles. The van der Waals surface area contributed by atoms with Gasteiger partial charge < -0.3 is 4.98 Å². The van der Waals surface area contributed by atoms with Crippen LogP contribution < -0.4 is 4.87 Å². The molecule has 2 rings (SSSR count). The fraction of sp³-hybridized carbons (Fsp3) is 0. The minimum absolute atomic E-state index is 0.00145. The van der Waals surface area contributed by atoms with E-state index in [2.05, 4.69) is 4.98 Å². The van der Waals surface area contributed by atoms with E-state index in [1.54, 1.807) is 11.8 Å². The van der Waals surface area contributed by atoms with Gasteiger partial charge in [0.05, 0.1) is 5.03 Å². The molecule has 0 saturated heterocycles. The first-order valence-corrected chi connectivity index (χ1v) is 5.45. The summed E-state index contributed by atoms with van der Waals surface area (Å²) in [7, 11) is 0. The largest absolute Gasteiger partial charge is 0.307 e. The second kappa shape index (κ2) is 3.81.